The summed E-state index contributed by atoms with van der Waals surface area (Å²) in [7, 11) is 0. The Kier molecular flexibility index (Phi) is 7.20. The Morgan fingerprint density at radius 3 is 2.50 bits per heavy atom. The average molecular weight is 450 g/mol. The summed E-state index contributed by atoms with van der Waals surface area (Å²) in [5.41, 5.74) is 4.65. The van der Waals surface area contributed by atoms with E-state index in [1.807, 2.05) is 29.3 Å². The lowest BCUT2D eigenvalue weighted by molar-refractivity contribution is 0.0682. The highest BCUT2D eigenvalue weighted by molar-refractivity contribution is 6.43. The summed E-state index contributed by atoms with van der Waals surface area (Å²) in [6.45, 7) is 7.02. The summed E-state index contributed by atoms with van der Waals surface area (Å²) in [6, 6.07) is 9.47. The Labute approximate surface area is 188 Å². The minimum absolute atomic E-state index is 0.0591. The molecule has 3 heterocycles. The van der Waals surface area contributed by atoms with Crippen LogP contribution in [0.4, 0.5) is 5.69 Å². The van der Waals surface area contributed by atoms with Crippen molar-refractivity contribution in [3.63, 3.8) is 0 Å². The van der Waals surface area contributed by atoms with Crippen LogP contribution < -0.4 is 10.3 Å². The van der Waals surface area contributed by atoms with Crippen molar-refractivity contribution >= 4 is 34.8 Å². The molecule has 0 aliphatic carbocycles. The van der Waals surface area contributed by atoms with Gasteiger partial charge in [0, 0.05) is 45.5 Å². The first kappa shape index (κ1) is 21.5. The lowest BCUT2D eigenvalue weighted by Crippen LogP contribution is -2.48. The van der Waals surface area contributed by atoms with E-state index in [2.05, 4.69) is 20.2 Å². The van der Waals surface area contributed by atoms with Crippen LogP contribution in [0.25, 0.3) is 0 Å². The van der Waals surface area contributed by atoms with Gasteiger partial charge in [0.25, 0.3) is 5.91 Å². The SMILES string of the molecule is O=C(NN1CCC(CCN2CCN(c3cccc(Cl)c3Cl)CC2)CC1)c1ccc[nH]1. The standard InChI is InChI=1S/C22H29Cl2N5O/c23-18-3-1-5-20(21(18)24)28-15-13-27(14-16-28)10-6-17-7-11-29(12-8-17)26-22(30)19-4-2-9-25-19/h1-5,9,17,25H,6-8,10-16H2,(H,26,30). The van der Waals surface area contributed by atoms with E-state index >= 15 is 0 Å². The van der Waals surface area contributed by atoms with E-state index in [1.165, 1.54) is 6.42 Å². The van der Waals surface area contributed by atoms with E-state index < -0.39 is 0 Å². The number of anilines is 1. The fourth-order valence-corrected chi connectivity index (χ4v) is 4.74. The minimum atomic E-state index is -0.0591. The molecule has 2 N–H and O–H groups in total. The van der Waals surface area contributed by atoms with Gasteiger partial charge in [0.1, 0.15) is 5.69 Å². The summed E-state index contributed by atoms with van der Waals surface area (Å²) in [5, 5.41) is 3.32. The summed E-state index contributed by atoms with van der Waals surface area (Å²) >= 11 is 12.5. The lowest BCUT2D eigenvalue weighted by Gasteiger charge is -2.38. The van der Waals surface area contributed by atoms with Crippen LogP contribution in [-0.2, 0) is 0 Å². The van der Waals surface area contributed by atoms with Crippen molar-refractivity contribution in [3.8, 4) is 0 Å². The second-order valence-corrected chi connectivity index (χ2v) is 8.93. The molecule has 0 unspecified atom stereocenters. The Bertz CT molecular complexity index is 828. The molecule has 0 radical (unpaired) electrons. The van der Waals surface area contributed by atoms with E-state index in [1.54, 1.807) is 12.3 Å². The van der Waals surface area contributed by atoms with Gasteiger partial charge in [-0.05, 0) is 56.0 Å². The van der Waals surface area contributed by atoms with E-state index in [-0.39, 0.29) is 5.91 Å². The number of piperidine rings is 1. The molecule has 162 valence electrons. The zero-order valence-electron chi connectivity index (χ0n) is 17.1. The van der Waals surface area contributed by atoms with Gasteiger partial charge >= 0.3 is 0 Å². The number of aromatic nitrogens is 1. The van der Waals surface area contributed by atoms with Gasteiger partial charge in [-0.25, -0.2) is 5.01 Å². The lowest BCUT2D eigenvalue weighted by atomic mass is 9.94. The number of amides is 1. The first-order chi connectivity index (χ1) is 14.6. The Morgan fingerprint density at radius 2 is 1.80 bits per heavy atom. The van der Waals surface area contributed by atoms with Crippen LogP contribution in [0.1, 0.15) is 29.8 Å². The number of piperazine rings is 1. The predicted molar refractivity (Wildman–Crippen MR) is 122 cm³/mol. The summed E-state index contributed by atoms with van der Waals surface area (Å²) in [5.74, 6) is 0.667. The van der Waals surface area contributed by atoms with Gasteiger partial charge in [0.15, 0.2) is 0 Å². The van der Waals surface area contributed by atoms with Gasteiger partial charge < -0.3 is 9.88 Å². The molecule has 8 heteroatoms. The Balaban J connectivity index is 1.15. The molecule has 0 atom stereocenters. The summed E-state index contributed by atoms with van der Waals surface area (Å²) in [4.78, 5) is 20.0. The van der Waals surface area contributed by atoms with Crippen LogP contribution in [0.3, 0.4) is 0 Å². The Morgan fingerprint density at radius 1 is 1.03 bits per heavy atom. The predicted octanol–water partition coefficient (Wildman–Crippen LogP) is 3.89. The van der Waals surface area contributed by atoms with E-state index in [4.69, 9.17) is 23.2 Å². The van der Waals surface area contributed by atoms with Crippen LogP contribution in [-0.4, -0.2) is 66.6 Å². The van der Waals surface area contributed by atoms with Crippen LogP contribution in [0.15, 0.2) is 36.5 Å². The quantitative estimate of drug-likeness (QED) is 0.701. The van der Waals surface area contributed by atoms with E-state index in [0.717, 1.165) is 70.3 Å². The highest BCUT2D eigenvalue weighted by atomic mass is 35.5. The highest BCUT2D eigenvalue weighted by Crippen LogP contribution is 2.33. The number of halogens is 2. The number of hydrogen-bond donors (Lipinski definition) is 2. The highest BCUT2D eigenvalue weighted by Gasteiger charge is 2.23. The molecule has 2 aliphatic rings. The molecule has 2 fully saturated rings. The number of aromatic amines is 1. The third kappa shape index (κ3) is 5.30. The topological polar surface area (TPSA) is 54.6 Å². The van der Waals surface area contributed by atoms with Crippen molar-refractivity contribution in [2.24, 2.45) is 5.92 Å². The van der Waals surface area contributed by atoms with Gasteiger partial charge in [0.05, 0.1) is 15.7 Å². The van der Waals surface area contributed by atoms with Crippen molar-refractivity contribution in [3.05, 3.63) is 52.3 Å². The minimum Gasteiger partial charge on any atom is -0.368 e. The molecule has 6 nitrogen and oxygen atoms in total. The molecule has 2 aromatic rings. The Hall–Kier alpha value is -1.73. The van der Waals surface area contributed by atoms with Crippen LogP contribution in [0, 0.1) is 5.92 Å². The van der Waals surface area contributed by atoms with E-state index in [9.17, 15) is 4.79 Å². The largest absolute Gasteiger partial charge is 0.368 e. The first-order valence-corrected chi connectivity index (χ1v) is 11.5. The summed E-state index contributed by atoms with van der Waals surface area (Å²) in [6.07, 6.45) is 5.24. The number of carbonyl (C=O) groups is 1. The second kappa shape index (κ2) is 10.1. The number of benzene rings is 1. The fraction of sp³-hybridized carbons (Fsp3) is 0.500. The van der Waals surface area contributed by atoms with Gasteiger partial charge in [-0.2, -0.15) is 0 Å². The van der Waals surface area contributed by atoms with Crippen molar-refractivity contribution in [2.75, 3.05) is 50.7 Å². The molecule has 2 saturated heterocycles. The first-order valence-electron chi connectivity index (χ1n) is 10.7. The molecule has 1 amide bonds. The van der Waals surface area contributed by atoms with Crippen molar-refractivity contribution in [1.29, 1.82) is 0 Å². The zero-order valence-corrected chi connectivity index (χ0v) is 18.6. The summed E-state index contributed by atoms with van der Waals surface area (Å²) < 4.78 is 0. The van der Waals surface area contributed by atoms with Gasteiger partial charge in [-0.15, -0.1) is 0 Å². The molecule has 1 aromatic heterocycles. The maximum absolute atomic E-state index is 12.1. The second-order valence-electron chi connectivity index (χ2n) is 8.15. The molecule has 2 aliphatic heterocycles. The third-order valence-electron chi connectivity index (χ3n) is 6.21. The van der Waals surface area contributed by atoms with Gasteiger partial charge in [-0.3, -0.25) is 15.1 Å². The number of hydrogen-bond acceptors (Lipinski definition) is 4. The van der Waals surface area contributed by atoms with Crippen LogP contribution in [0.2, 0.25) is 10.0 Å². The van der Waals surface area contributed by atoms with Crippen LogP contribution in [0.5, 0.6) is 0 Å². The van der Waals surface area contributed by atoms with Crippen molar-refractivity contribution in [2.45, 2.75) is 19.3 Å². The molecular formula is C22H29Cl2N5O. The molecule has 0 spiro atoms. The fourth-order valence-electron chi connectivity index (χ4n) is 4.32. The maximum atomic E-state index is 12.1. The molecule has 0 bridgehead atoms. The number of hydrazine groups is 1. The van der Waals surface area contributed by atoms with Gasteiger partial charge in [-0.1, -0.05) is 29.3 Å². The number of nitrogens with one attached hydrogen (secondary N) is 2. The van der Waals surface area contributed by atoms with Crippen molar-refractivity contribution in [1.82, 2.24) is 20.3 Å². The third-order valence-corrected chi connectivity index (χ3v) is 7.02. The maximum Gasteiger partial charge on any atom is 0.281 e. The molecule has 0 saturated carbocycles. The number of carbonyl (C=O) groups excluding carboxylic acids is 1. The molecule has 30 heavy (non-hydrogen) atoms. The average Bonchev–Trinajstić information content (AvgIpc) is 3.31. The van der Waals surface area contributed by atoms with Gasteiger partial charge in [0.2, 0.25) is 0 Å². The molecule has 4 rings (SSSR count). The van der Waals surface area contributed by atoms with Crippen LogP contribution >= 0.6 is 23.2 Å². The zero-order chi connectivity index (χ0) is 20.9. The van der Waals surface area contributed by atoms with Crippen molar-refractivity contribution < 1.29 is 4.79 Å². The number of nitrogens with zero attached hydrogens (tertiary/aromatic N) is 3. The molecule has 1 aromatic carbocycles. The number of H-pyrrole nitrogens is 1. The number of rotatable bonds is 6. The monoisotopic (exact) mass is 449 g/mol. The van der Waals surface area contributed by atoms with E-state index in [0.29, 0.717) is 15.7 Å². The normalized spacial score (nSPS) is 19.2. The molecular weight excluding hydrogens is 421 g/mol. The smallest absolute Gasteiger partial charge is 0.281 e.